The smallest absolute Gasteiger partial charge is 0.221 e. The van der Waals surface area contributed by atoms with E-state index < -0.39 is 0 Å². The number of hydrogen-bond donors (Lipinski definition) is 2. The third kappa shape index (κ3) is 6.30. The molecule has 1 amide bonds. The Morgan fingerprint density at radius 3 is 2.72 bits per heavy atom. The molecule has 0 saturated carbocycles. The van der Waals surface area contributed by atoms with Gasteiger partial charge in [0, 0.05) is 32.2 Å². The summed E-state index contributed by atoms with van der Waals surface area (Å²) in [6.07, 6.45) is 0.0600. The summed E-state index contributed by atoms with van der Waals surface area (Å²) in [5.74, 6) is -0.0117. The summed E-state index contributed by atoms with van der Waals surface area (Å²) < 4.78 is 16.0. The van der Waals surface area contributed by atoms with Crippen LogP contribution in [-0.2, 0) is 19.0 Å². The fraction of sp³-hybridized carbons (Fsp3) is 0.917. The van der Waals surface area contributed by atoms with Crippen LogP contribution < -0.4 is 10.6 Å². The molecule has 18 heavy (non-hydrogen) atoms. The van der Waals surface area contributed by atoms with E-state index in [-0.39, 0.29) is 18.2 Å². The highest BCUT2D eigenvalue weighted by Gasteiger charge is 2.17. The molecule has 1 aliphatic heterocycles. The standard InChI is InChI=1S/C12H24N2O4/c1-3-17-12(18-4-2)8-14-11(15)7-10-9-16-6-5-13-10/h10,12-13H,3-9H2,1-2H3,(H,14,15). The molecule has 6 nitrogen and oxygen atoms in total. The maximum atomic E-state index is 11.7. The Balaban J connectivity index is 2.17. The summed E-state index contributed by atoms with van der Waals surface area (Å²) in [5, 5.41) is 6.05. The van der Waals surface area contributed by atoms with Gasteiger partial charge in [0.2, 0.25) is 5.91 Å². The average Bonchev–Trinajstić information content (AvgIpc) is 2.38. The fourth-order valence-corrected chi connectivity index (χ4v) is 1.78. The van der Waals surface area contributed by atoms with Gasteiger partial charge in [0.1, 0.15) is 0 Å². The van der Waals surface area contributed by atoms with E-state index in [4.69, 9.17) is 14.2 Å². The Kier molecular flexibility index (Phi) is 7.91. The van der Waals surface area contributed by atoms with Crippen molar-refractivity contribution in [3.63, 3.8) is 0 Å². The van der Waals surface area contributed by atoms with Gasteiger partial charge in [-0.15, -0.1) is 0 Å². The number of rotatable bonds is 8. The Bertz CT molecular complexity index is 226. The van der Waals surface area contributed by atoms with Gasteiger partial charge in [-0.1, -0.05) is 0 Å². The lowest BCUT2D eigenvalue weighted by molar-refractivity contribution is -0.140. The summed E-state index contributed by atoms with van der Waals surface area (Å²) in [7, 11) is 0. The zero-order valence-electron chi connectivity index (χ0n) is 11.2. The molecule has 0 bridgehead atoms. The highest BCUT2D eigenvalue weighted by molar-refractivity contribution is 5.76. The normalized spacial score (nSPS) is 20.1. The van der Waals surface area contributed by atoms with Crippen LogP contribution in [0.2, 0.25) is 0 Å². The molecule has 1 rings (SSSR count). The molecule has 0 aromatic carbocycles. The number of nitrogens with one attached hydrogen (secondary N) is 2. The van der Waals surface area contributed by atoms with Crippen molar-refractivity contribution in [1.29, 1.82) is 0 Å². The topological polar surface area (TPSA) is 68.8 Å². The minimum atomic E-state index is -0.362. The van der Waals surface area contributed by atoms with Gasteiger partial charge in [-0.2, -0.15) is 0 Å². The molecule has 1 fully saturated rings. The monoisotopic (exact) mass is 260 g/mol. The largest absolute Gasteiger partial charge is 0.378 e. The summed E-state index contributed by atoms with van der Waals surface area (Å²) >= 11 is 0. The first-order valence-electron chi connectivity index (χ1n) is 6.57. The molecule has 1 atom stereocenters. The molecule has 0 aliphatic carbocycles. The van der Waals surface area contributed by atoms with E-state index in [0.29, 0.717) is 32.8 Å². The van der Waals surface area contributed by atoms with Crippen LogP contribution in [0.5, 0.6) is 0 Å². The Morgan fingerprint density at radius 2 is 2.17 bits per heavy atom. The molecule has 1 saturated heterocycles. The molecule has 1 aliphatic rings. The van der Waals surface area contributed by atoms with Gasteiger partial charge in [0.15, 0.2) is 6.29 Å². The number of carbonyl (C=O) groups excluding carboxylic acids is 1. The maximum Gasteiger partial charge on any atom is 0.221 e. The van der Waals surface area contributed by atoms with E-state index in [0.717, 1.165) is 13.2 Å². The van der Waals surface area contributed by atoms with Crippen LogP contribution in [0.4, 0.5) is 0 Å². The van der Waals surface area contributed by atoms with Gasteiger partial charge in [-0.05, 0) is 13.8 Å². The lowest BCUT2D eigenvalue weighted by Crippen LogP contribution is -2.45. The van der Waals surface area contributed by atoms with Crippen molar-refractivity contribution < 1.29 is 19.0 Å². The van der Waals surface area contributed by atoms with Crippen molar-refractivity contribution in [2.45, 2.75) is 32.6 Å². The molecular weight excluding hydrogens is 236 g/mol. The lowest BCUT2D eigenvalue weighted by Gasteiger charge is -2.23. The number of carbonyl (C=O) groups is 1. The van der Waals surface area contributed by atoms with Gasteiger partial charge < -0.3 is 24.8 Å². The van der Waals surface area contributed by atoms with Gasteiger partial charge in [-0.3, -0.25) is 4.79 Å². The average molecular weight is 260 g/mol. The Labute approximate surface area is 108 Å². The molecule has 0 aromatic rings. The zero-order chi connectivity index (χ0) is 13.2. The van der Waals surface area contributed by atoms with Crippen molar-refractivity contribution in [1.82, 2.24) is 10.6 Å². The first kappa shape index (κ1) is 15.4. The van der Waals surface area contributed by atoms with E-state index in [2.05, 4.69) is 10.6 Å². The van der Waals surface area contributed by atoms with Crippen LogP contribution in [0, 0.1) is 0 Å². The minimum Gasteiger partial charge on any atom is -0.378 e. The first-order chi connectivity index (χ1) is 8.76. The second-order valence-corrected chi connectivity index (χ2v) is 4.07. The number of ether oxygens (including phenoxy) is 3. The molecule has 106 valence electrons. The predicted octanol–water partition coefficient (Wildman–Crippen LogP) is -0.120. The van der Waals surface area contributed by atoms with Crippen LogP contribution in [-0.4, -0.2) is 57.8 Å². The third-order valence-electron chi connectivity index (χ3n) is 2.60. The Morgan fingerprint density at radius 1 is 1.44 bits per heavy atom. The van der Waals surface area contributed by atoms with Crippen molar-refractivity contribution in [3.8, 4) is 0 Å². The molecule has 0 radical (unpaired) electrons. The first-order valence-corrected chi connectivity index (χ1v) is 6.57. The van der Waals surface area contributed by atoms with Crippen LogP contribution >= 0.6 is 0 Å². The summed E-state index contributed by atoms with van der Waals surface area (Å²) in [4.78, 5) is 11.7. The minimum absolute atomic E-state index is 0.0117. The summed E-state index contributed by atoms with van der Waals surface area (Å²) in [5.41, 5.74) is 0. The van der Waals surface area contributed by atoms with Gasteiger partial charge in [-0.25, -0.2) is 0 Å². The van der Waals surface area contributed by atoms with E-state index >= 15 is 0 Å². The predicted molar refractivity (Wildman–Crippen MR) is 67.3 cm³/mol. The quantitative estimate of drug-likeness (QED) is 0.596. The maximum absolute atomic E-state index is 11.7. The SMILES string of the molecule is CCOC(CNC(=O)CC1COCCN1)OCC. The molecule has 0 spiro atoms. The van der Waals surface area contributed by atoms with E-state index in [1.54, 1.807) is 0 Å². The molecular formula is C12H24N2O4. The Hall–Kier alpha value is -0.690. The fourth-order valence-electron chi connectivity index (χ4n) is 1.78. The lowest BCUT2D eigenvalue weighted by atomic mass is 10.2. The molecule has 6 heteroatoms. The van der Waals surface area contributed by atoms with Crippen molar-refractivity contribution in [3.05, 3.63) is 0 Å². The number of hydrogen-bond acceptors (Lipinski definition) is 5. The summed E-state index contributed by atoms with van der Waals surface area (Å²) in [6, 6.07) is 0.108. The second-order valence-electron chi connectivity index (χ2n) is 4.07. The van der Waals surface area contributed by atoms with Crippen molar-refractivity contribution in [2.75, 3.05) is 39.5 Å². The van der Waals surface area contributed by atoms with E-state index in [9.17, 15) is 4.79 Å². The zero-order valence-corrected chi connectivity index (χ0v) is 11.2. The second kappa shape index (κ2) is 9.27. The van der Waals surface area contributed by atoms with Crippen molar-refractivity contribution >= 4 is 5.91 Å². The highest BCUT2D eigenvalue weighted by atomic mass is 16.7. The van der Waals surface area contributed by atoms with Gasteiger partial charge in [0.25, 0.3) is 0 Å². The highest BCUT2D eigenvalue weighted by Crippen LogP contribution is 1.99. The third-order valence-corrected chi connectivity index (χ3v) is 2.60. The summed E-state index contributed by atoms with van der Waals surface area (Å²) in [6.45, 7) is 7.43. The molecule has 0 aromatic heterocycles. The van der Waals surface area contributed by atoms with E-state index in [1.807, 2.05) is 13.8 Å². The van der Waals surface area contributed by atoms with Gasteiger partial charge in [0.05, 0.1) is 19.8 Å². The molecule has 1 heterocycles. The van der Waals surface area contributed by atoms with Crippen LogP contribution in [0.25, 0.3) is 0 Å². The van der Waals surface area contributed by atoms with Crippen LogP contribution in [0.3, 0.4) is 0 Å². The van der Waals surface area contributed by atoms with Crippen LogP contribution in [0.1, 0.15) is 20.3 Å². The van der Waals surface area contributed by atoms with Crippen LogP contribution in [0.15, 0.2) is 0 Å². The van der Waals surface area contributed by atoms with Crippen molar-refractivity contribution in [2.24, 2.45) is 0 Å². The number of morpholine rings is 1. The molecule has 1 unspecified atom stereocenters. The van der Waals surface area contributed by atoms with Gasteiger partial charge >= 0.3 is 0 Å². The molecule has 2 N–H and O–H groups in total. The number of amides is 1. The van der Waals surface area contributed by atoms with E-state index in [1.165, 1.54) is 0 Å².